The lowest BCUT2D eigenvalue weighted by Gasteiger charge is -2.08. The number of nitrogens with zero attached hydrogens (tertiary/aromatic N) is 2. The van der Waals surface area contributed by atoms with Crippen LogP contribution in [0.3, 0.4) is 0 Å². The van der Waals surface area contributed by atoms with E-state index in [4.69, 9.17) is 5.73 Å². The number of aryl methyl sites for hydroxylation is 1. The Hall–Kier alpha value is -2.62. The van der Waals surface area contributed by atoms with Crippen molar-refractivity contribution in [2.75, 3.05) is 11.1 Å². The van der Waals surface area contributed by atoms with Crippen molar-refractivity contribution in [2.24, 2.45) is 0 Å². The van der Waals surface area contributed by atoms with Gasteiger partial charge in [-0.15, -0.1) is 0 Å². The number of benzene rings is 1. The summed E-state index contributed by atoms with van der Waals surface area (Å²) in [6.07, 6.45) is 3.68. The van der Waals surface area contributed by atoms with E-state index in [9.17, 15) is 0 Å². The van der Waals surface area contributed by atoms with E-state index in [1.165, 1.54) is 11.1 Å². The zero-order valence-corrected chi connectivity index (χ0v) is 11.3. The van der Waals surface area contributed by atoms with Crippen molar-refractivity contribution in [1.82, 2.24) is 9.97 Å². The average Bonchev–Trinajstić information content (AvgIpc) is 2.46. The molecular weight excluding hydrogens is 248 g/mol. The topological polar surface area (TPSA) is 63.8 Å². The summed E-state index contributed by atoms with van der Waals surface area (Å²) in [6.45, 7) is 2.79. The van der Waals surface area contributed by atoms with Crippen LogP contribution >= 0.6 is 0 Å². The predicted molar refractivity (Wildman–Crippen MR) is 82.5 cm³/mol. The molecule has 3 N–H and O–H groups in total. The smallest absolute Gasteiger partial charge is 0.126 e. The number of nitrogens with two attached hydrogens (primary N) is 1. The summed E-state index contributed by atoms with van der Waals surface area (Å²) >= 11 is 0. The van der Waals surface area contributed by atoms with Crippen LogP contribution in [0.25, 0.3) is 10.9 Å². The highest BCUT2D eigenvalue weighted by molar-refractivity contribution is 5.83. The van der Waals surface area contributed by atoms with Crippen LogP contribution < -0.4 is 11.1 Å². The zero-order valence-electron chi connectivity index (χ0n) is 11.3. The van der Waals surface area contributed by atoms with Crippen LogP contribution in [0, 0.1) is 6.92 Å². The molecular formula is C16H16N4. The van der Waals surface area contributed by atoms with Crippen molar-refractivity contribution in [3.63, 3.8) is 0 Å². The number of nitrogen functional groups attached to an aromatic ring is 1. The minimum atomic E-state index is 0.715. The molecule has 0 aliphatic rings. The van der Waals surface area contributed by atoms with Crippen LogP contribution in [0.5, 0.6) is 0 Å². The van der Waals surface area contributed by atoms with E-state index in [1.807, 2.05) is 42.6 Å². The van der Waals surface area contributed by atoms with Crippen LogP contribution in [0.2, 0.25) is 0 Å². The molecule has 0 saturated carbocycles. The molecule has 0 atom stereocenters. The lowest BCUT2D eigenvalue weighted by Crippen LogP contribution is -2.03. The minimum Gasteiger partial charge on any atom is -0.399 e. The summed E-state index contributed by atoms with van der Waals surface area (Å²) in [5.74, 6) is 0.852. The molecule has 2 aromatic heterocycles. The Kier molecular flexibility index (Phi) is 3.21. The SMILES string of the molecule is Cc1ccncc1CNc1ccc2cc(N)ccc2n1. The third kappa shape index (κ3) is 2.54. The van der Waals surface area contributed by atoms with Gasteiger partial charge in [-0.1, -0.05) is 0 Å². The molecule has 3 aromatic rings. The number of nitrogens with one attached hydrogen (secondary N) is 1. The maximum absolute atomic E-state index is 5.76. The Bertz CT molecular complexity index is 752. The van der Waals surface area contributed by atoms with Gasteiger partial charge in [-0.3, -0.25) is 4.98 Å². The molecule has 4 heteroatoms. The lowest BCUT2D eigenvalue weighted by molar-refractivity contribution is 1.07. The first kappa shape index (κ1) is 12.4. The van der Waals surface area contributed by atoms with E-state index in [0.717, 1.165) is 22.4 Å². The van der Waals surface area contributed by atoms with Crippen LogP contribution in [0.1, 0.15) is 11.1 Å². The van der Waals surface area contributed by atoms with Gasteiger partial charge in [-0.2, -0.15) is 0 Å². The fourth-order valence-corrected chi connectivity index (χ4v) is 2.11. The number of hydrogen-bond donors (Lipinski definition) is 2. The first-order valence-electron chi connectivity index (χ1n) is 6.52. The molecule has 100 valence electrons. The Morgan fingerprint density at radius 2 is 2.05 bits per heavy atom. The van der Waals surface area contributed by atoms with Crippen molar-refractivity contribution in [3.8, 4) is 0 Å². The average molecular weight is 264 g/mol. The highest BCUT2D eigenvalue weighted by Gasteiger charge is 2.01. The molecule has 2 heterocycles. The zero-order chi connectivity index (χ0) is 13.9. The largest absolute Gasteiger partial charge is 0.399 e. The number of pyridine rings is 2. The molecule has 0 fully saturated rings. The Morgan fingerprint density at radius 3 is 2.90 bits per heavy atom. The van der Waals surface area contributed by atoms with Crippen LogP contribution in [0.4, 0.5) is 11.5 Å². The number of aromatic nitrogens is 2. The number of fused-ring (bicyclic) bond motifs is 1. The summed E-state index contributed by atoms with van der Waals surface area (Å²) in [7, 11) is 0. The monoisotopic (exact) mass is 264 g/mol. The summed E-state index contributed by atoms with van der Waals surface area (Å²) in [6, 6.07) is 11.7. The number of anilines is 2. The van der Waals surface area contributed by atoms with Gasteiger partial charge in [0.1, 0.15) is 5.82 Å². The van der Waals surface area contributed by atoms with Crippen LogP contribution in [-0.4, -0.2) is 9.97 Å². The highest BCUT2D eigenvalue weighted by atomic mass is 15.0. The molecule has 0 aliphatic carbocycles. The quantitative estimate of drug-likeness (QED) is 0.713. The van der Waals surface area contributed by atoms with Crippen molar-refractivity contribution in [2.45, 2.75) is 13.5 Å². The van der Waals surface area contributed by atoms with Gasteiger partial charge in [-0.25, -0.2) is 4.98 Å². The fourth-order valence-electron chi connectivity index (χ4n) is 2.11. The van der Waals surface area contributed by atoms with Gasteiger partial charge in [0.25, 0.3) is 0 Å². The molecule has 0 amide bonds. The summed E-state index contributed by atoms with van der Waals surface area (Å²) in [5.41, 5.74) is 9.85. The molecule has 0 radical (unpaired) electrons. The van der Waals surface area contributed by atoms with Gasteiger partial charge < -0.3 is 11.1 Å². The normalized spacial score (nSPS) is 10.7. The van der Waals surface area contributed by atoms with E-state index in [2.05, 4.69) is 22.2 Å². The van der Waals surface area contributed by atoms with Crippen molar-refractivity contribution in [1.29, 1.82) is 0 Å². The first-order chi connectivity index (χ1) is 9.72. The predicted octanol–water partition coefficient (Wildman–Crippen LogP) is 3.13. The number of rotatable bonds is 3. The Morgan fingerprint density at radius 1 is 1.15 bits per heavy atom. The van der Waals surface area contributed by atoms with Crippen molar-refractivity contribution >= 4 is 22.4 Å². The van der Waals surface area contributed by atoms with Gasteiger partial charge in [-0.05, 0) is 54.4 Å². The standard InChI is InChI=1S/C16H16N4/c1-11-6-7-18-9-13(11)10-19-16-5-2-12-8-14(17)3-4-15(12)20-16/h2-9H,10,17H2,1H3,(H,19,20). The second-order valence-electron chi connectivity index (χ2n) is 4.80. The second kappa shape index (κ2) is 5.17. The molecule has 1 aromatic carbocycles. The van der Waals surface area contributed by atoms with Crippen LogP contribution in [0.15, 0.2) is 48.8 Å². The maximum Gasteiger partial charge on any atom is 0.126 e. The lowest BCUT2D eigenvalue weighted by atomic mass is 10.1. The van der Waals surface area contributed by atoms with Crippen molar-refractivity contribution < 1.29 is 0 Å². The van der Waals surface area contributed by atoms with Crippen molar-refractivity contribution in [3.05, 3.63) is 59.9 Å². The van der Waals surface area contributed by atoms with E-state index in [0.29, 0.717) is 6.54 Å². The van der Waals surface area contributed by atoms with E-state index in [-0.39, 0.29) is 0 Å². The van der Waals surface area contributed by atoms with E-state index in [1.54, 1.807) is 6.20 Å². The Labute approximate surface area is 117 Å². The van der Waals surface area contributed by atoms with E-state index >= 15 is 0 Å². The highest BCUT2D eigenvalue weighted by Crippen LogP contribution is 2.18. The summed E-state index contributed by atoms with van der Waals surface area (Å²) in [4.78, 5) is 8.72. The van der Waals surface area contributed by atoms with Gasteiger partial charge in [0.2, 0.25) is 0 Å². The molecule has 0 unspecified atom stereocenters. The fraction of sp³-hybridized carbons (Fsp3) is 0.125. The van der Waals surface area contributed by atoms with Gasteiger partial charge in [0.15, 0.2) is 0 Å². The van der Waals surface area contributed by atoms with Gasteiger partial charge >= 0.3 is 0 Å². The number of hydrogen-bond acceptors (Lipinski definition) is 4. The van der Waals surface area contributed by atoms with E-state index < -0.39 is 0 Å². The Balaban J connectivity index is 1.81. The van der Waals surface area contributed by atoms with Crippen LogP contribution in [-0.2, 0) is 6.54 Å². The maximum atomic E-state index is 5.76. The van der Waals surface area contributed by atoms with Gasteiger partial charge in [0.05, 0.1) is 5.52 Å². The molecule has 0 saturated heterocycles. The summed E-state index contributed by atoms with van der Waals surface area (Å²) < 4.78 is 0. The first-order valence-corrected chi connectivity index (χ1v) is 6.52. The second-order valence-corrected chi connectivity index (χ2v) is 4.80. The molecule has 0 spiro atoms. The molecule has 4 nitrogen and oxygen atoms in total. The molecule has 20 heavy (non-hydrogen) atoms. The van der Waals surface area contributed by atoms with Gasteiger partial charge in [0, 0.05) is 30.0 Å². The molecule has 0 aliphatic heterocycles. The minimum absolute atomic E-state index is 0.715. The molecule has 0 bridgehead atoms. The third-order valence-corrected chi connectivity index (χ3v) is 3.32. The molecule has 3 rings (SSSR count). The summed E-state index contributed by atoms with van der Waals surface area (Å²) in [5, 5.41) is 4.38. The third-order valence-electron chi connectivity index (χ3n) is 3.32.